The number of pyridine rings is 1. The molecule has 1 aliphatic rings. The number of nitrogens with zero attached hydrogens (tertiary/aromatic N) is 1. The van der Waals surface area contributed by atoms with Gasteiger partial charge in [0.1, 0.15) is 5.75 Å². The molecule has 1 heterocycles. The third-order valence-corrected chi connectivity index (χ3v) is 3.86. The fourth-order valence-electron chi connectivity index (χ4n) is 2.82. The van der Waals surface area contributed by atoms with Gasteiger partial charge in [-0.05, 0) is 43.9 Å². The predicted molar refractivity (Wildman–Crippen MR) is 78.3 cm³/mol. The van der Waals surface area contributed by atoms with Crippen molar-refractivity contribution in [2.24, 2.45) is 0 Å². The fraction of sp³-hybridized carbons (Fsp3) is 0.438. The molecule has 1 aromatic heterocycles. The van der Waals surface area contributed by atoms with Crippen molar-refractivity contribution in [1.29, 1.82) is 0 Å². The van der Waals surface area contributed by atoms with Crippen LogP contribution in [0.4, 0.5) is 5.69 Å². The van der Waals surface area contributed by atoms with Crippen LogP contribution in [0, 0.1) is 0 Å². The van der Waals surface area contributed by atoms with Crippen molar-refractivity contribution in [2.45, 2.75) is 44.6 Å². The molecule has 3 nitrogen and oxygen atoms in total. The first-order valence-corrected chi connectivity index (χ1v) is 7.14. The van der Waals surface area contributed by atoms with Gasteiger partial charge in [0.25, 0.3) is 0 Å². The number of benzene rings is 1. The number of aromatic nitrogens is 1. The van der Waals surface area contributed by atoms with E-state index in [4.69, 9.17) is 10.5 Å². The van der Waals surface area contributed by atoms with Gasteiger partial charge in [-0.25, -0.2) is 0 Å². The minimum atomic E-state index is 0.342. The Morgan fingerprint density at radius 2 is 1.84 bits per heavy atom. The number of rotatable bonds is 2. The minimum absolute atomic E-state index is 0.342. The van der Waals surface area contributed by atoms with E-state index in [-0.39, 0.29) is 0 Å². The van der Waals surface area contributed by atoms with Gasteiger partial charge in [-0.1, -0.05) is 18.9 Å². The summed E-state index contributed by atoms with van der Waals surface area (Å²) in [6.07, 6.45) is 9.66. The normalized spacial score (nSPS) is 17.3. The van der Waals surface area contributed by atoms with Crippen molar-refractivity contribution in [3.8, 4) is 5.75 Å². The van der Waals surface area contributed by atoms with Gasteiger partial charge in [0.05, 0.1) is 17.3 Å². The van der Waals surface area contributed by atoms with E-state index in [0.29, 0.717) is 11.8 Å². The quantitative estimate of drug-likeness (QED) is 0.654. The van der Waals surface area contributed by atoms with Crippen LogP contribution in [0.1, 0.15) is 38.5 Å². The molecule has 19 heavy (non-hydrogen) atoms. The minimum Gasteiger partial charge on any atom is -0.490 e. The maximum atomic E-state index is 6.21. The summed E-state index contributed by atoms with van der Waals surface area (Å²) in [6, 6.07) is 7.82. The van der Waals surface area contributed by atoms with Gasteiger partial charge in [0, 0.05) is 11.6 Å². The second kappa shape index (κ2) is 5.47. The molecular formula is C16H20N2O. The summed E-state index contributed by atoms with van der Waals surface area (Å²) in [4.78, 5) is 4.35. The number of hydrogen-bond acceptors (Lipinski definition) is 3. The molecule has 1 fully saturated rings. The largest absolute Gasteiger partial charge is 0.490 e. The van der Waals surface area contributed by atoms with Crippen LogP contribution in [0.15, 0.2) is 30.5 Å². The zero-order valence-electron chi connectivity index (χ0n) is 11.1. The van der Waals surface area contributed by atoms with Crippen molar-refractivity contribution >= 4 is 16.6 Å². The van der Waals surface area contributed by atoms with Crippen LogP contribution < -0.4 is 10.5 Å². The second-order valence-corrected chi connectivity index (χ2v) is 5.28. The Morgan fingerprint density at radius 3 is 2.63 bits per heavy atom. The monoisotopic (exact) mass is 256 g/mol. The zero-order chi connectivity index (χ0) is 13.1. The second-order valence-electron chi connectivity index (χ2n) is 5.28. The first kappa shape index (κ1) is 12.3. The number of ether oxygens (including phenoxy) is 1. The van der Waals surface area contributed by atoms with Crippen LogP contribution in [0.25, 0.3) is 10.9 Å². The van der Waals surface area contributed by atoms with Crippen LogP contribution in [0.3, 0.4) is 0 Å². The Balaban J connectivity index is 1.90. The van der Waals surface area contributed by atoms with E-state index in [1.54, 1.807) is 6.20 Å². The van der Waals surface area contributed by atoms with Crippen LogP contribution in [-0.4, -0.2) is 11.1 Å². The summed E-state index contributed by atoms with van der Waals surface area (Å²) >= 11 is 0. The Bertz CT molecular complexity index is 560. The molecule has 3 heteroatoms. The standard InChI is InChI=1S/C16H20N2O/c17-14-9-5-8-13-15(10-11-18-16(13)14)19-12-6-3-1-2-4-7-12/h5,8-12H,1-4,6-7,17H2. The third-order valence-electron chi connectivity index (χ3n) is 3.86. The SMILES string of the molecule is Nc1cccc2c(OC3CCCCCC3)ccnc12. The average Bonchev–Trinajstić information content (AvgIpc) is 2.69. The first-order valence-electron chi connectivity index (χ1n) is 7.14. The van der Waals surface area contributed by atoms with E-state index < -0.39 is 0 Å². The Kier molecular flexibility index (Phi) is 3.53. The Labute approximate surface area is 113 Å². The molecule has 0 saturated heterocycles. The number of nitrogen functional groups attached to an aromatic ring is 1. The van der Waals surface area contributed by atoms with Gasteiger partial charge in [0.2, 0.25) is 0 Å². The number of fused-ring (bicyclic) bond motifs is 1. The molecule has 0 bridgehead atoms. The van der Waals surface area contributed by atoms with E-state index >= 15 is 0 Å². The molecule has 0 unspecified atom stereocenters. The molecular weight excluding hydrogens is 236 g/mol. The lowest BCUT2D eigenvalue weighted by atomic mass is 10.1. The van der Waals surface area contributed by atoms with Crippen molar-refractivity contribution in [2.75, 3.05) is 5.73 Å². The van der Waals surface area contributed by atoms with Crippen molar-refractivity contribution < 1.29 is 4.74 Å². The Hall–Kier alpha value is -1.77. The van der Waals surface area contributed by atoms with Gasteiger partial charge in [-0.2, -0.15) is 0 Å². The van der Waals surface area contributed by atoms with Gasteiger partial charge in [0.15, 0.2) is 0 Å². The first-order chi connectivity index (χ1) is 9.34. The summed E-state index contributed by atoms with van der Waals surface area (Å²) in [5.41, 5.74) is 7.52. The molecule has 1 saturated carbocycles. The number of anilines is 1. The van der Waals surface area contributed by atoms with E-state index in [2.05, 4.69) is 4.98 Å². The number of para-hydroxylation sites is 1. The highest BCUT2D eigenvalue weighted by Crippen LogP contribution is 2.30. The molecule has 1 aromatic carbocycles. The number of nitrogens with two attached hydrogens (primary N) is 1. The summed E-state index contributed by atoms with van der Waals surface area (Å²) in [7, 11) is 0. The maximum Gasteiger partial charge on any atom is 0.130 e. The molecule has 100 valence electrons. The summed E-state index contributed by atoms with van der Waals surface area (Å²) in [5, 5.41) is 1.02. The molecule has 2 aromatic rings. The van der Waals surface area contributed by atoms with E-state index in [0.717, 1.165) is 29.5 Å². The van der Waals surface area contributed by atoms with Gasteiger partial charge < -0.3 is 10.5 Å². The van der Waals surface area contributed by atoms with E-state index in [1.165, 1.54) is 25.7 Å². The number of hydrogen-bond donors (Lipinski definition) is 1. The molecule has 1 aliphatic carbocycles. The zero-order valence-corrected chi connectivity index (χ0v) is 11.1. The van der Waals surface area contributed by atoms with Crippen molar-refractivity contribution in [3.05, 3.63) is 30.5 Å². The third kappa shape index (κ3) is 2.65. The van der Waals surface area contributed by atoms with Gasteiger partial charge >= 0.3 is 0 Å². The van der Waals surface area contributed by atoms with E-state index in [9.17, 15) is 0 Å². The molecule has 0 aliphatic heterocycles. The molecule has 0 spiro atoms. The topological polar surface area (TPSA) is 48.1 Å². The van der Waals surface area contributed by atoms with Crippen molar-refractivity contribution in [3.63, 3.8) is 0 Å². The van der Waals surface area contributed by atoms with Crippen LogP contribution in [0.2, 0.25) is 0 Å². The lowest BCUT2D eigenvalue weighted by molar-refractivity contribution is 0.186. The molecule has 2 N–H and O–H groups in total. The molecule has 0 atom stereocenters. The molecule has 3 rings (SSSR count). The van der Waals surface area contributed by atoms with Crippen molar-refractivity contribution in [1.82, 2.24) is 4.98 Å². The summed E-state index contributed by atoms with van der Waals surface area (Å²) in [5.74, 6) is 0.921. The van der Waals surface area contributed by atoms with E-state index in [1.807, 2.05) is 24.3 Å². The van der Waals surface area contributed by atoms with Crippen LogP contribution in [0.5, 0.6) is 5.75 Å². The van der Waals surface area contributed by atoms with Crippen LogP contribution >= 0.6 is 0 Å². The highest BCUT2D eigenvalue weighted by Gasteiger charge is 2.15. The van der Waals surface area contributed by atoms with Gasteiger partial charge in [-0.3, -0.25) is 4.98 Å². The summed E-state index contributed by atoms with van der Waals surface area (Å²) in [6.45, 7) is 0. The fourth-order valence-corrected chi connectivity index (χ4v) is 2.82. The smallest absolute Gasteiger partial charge is 0.130 e. The lowest BCUT2D eigenvalue weighted by Crippen LogP contribution is -2.15. The Morgan fingerprint density at radius 1 is 1.05 bits per heavy atom. The highest BCUT2D eigenvalue weighted by molar-refractivity contribution is 5.93. The molecule has 0 radical (unpaired) electrons. The van der Waals surface area contributed by atoms with Gasteiger partial charge in [-0.15, -0.1) is 0 Å². The molecule has 0 amide bonds. The highest BCUT2D eigenvalue weighted by atomic mass is 16.5. The average molecular weight is 256 g/mol. The maximum absolute atomic E-state index is 6.21. The predicted octanol–water partition coefficient (Wildman–Crippen LogP) is 3.92. The lowest BCUT2D eigenvalue weighted by Gasteiger charge is -2.18. The van der Waals surface area contributed by atoms with Crippen LogP contribution in [-0.2, 0) is 0 Å². The summed E-state index contributed by atoms with van der Waals surface area (Å²) < 4.78 is 6.21.